The van der Waals surface area contributed by atoms with Gasteiger partial charge in [0.25, 0.3) is 0 Å². The molecule has 3 fully saturated rings. The highest BCUT2D eigenvalue weighted by atomic mass is 32.2. The Morgan fingerprint density at radius 2 is 2.27 bits per heavy atom. The average Bonchev–Trinajstić information content (AvgIpc) is 3.19. The van der Waals surface area contributed by atoms with Crippen LogP contribution in [0.2, 0.25) is 0 Å². The number of thioether (sulfide) groups is 1. The van der Waals surface area contributed by atoms with Crippen molar-refractivity contribution in [2.75, 3.05) is 18.9 Å². The number of amides is 3. The molecule has 124 valence electrons. The minimum Gasteiger partial charge on any atom is -0.376 e. The first-order valence-electron chi connectivity index (χ1n) is 8.29. The SMILES string of the molecule is O=C(CCCC[C@@H]1SC[C@@H]2NC(=O)N[C@H]21)NC[C@H]1CCCO1. The molecule has 3 N–H and O–H groups in total. The molecule has 0 saturated carbocycles. The van der Waals surface area contributed by atoms with Crippen LogP contribution in [0.25, 0.3) is 0 Å². The van der Waals surface area contributed by atoms with Crippen molar-refractivity contribution in [3.8, 4) is 0 Å². The van der Waals surface area contributed by atoms with Crippen LogP contribution in [-0.2, 0) is 9.53 Å². The van der Waals surface area contributed by atoms with Crippen LogP contribution in [0.1, 0.15) is 38.5 Å². The van der Waals surface area contributed by atoms with Crippen LogP contribution in [0.3, 0.4) is 0 Å². The summed E-state index contributed by atoms with van der Waals surface area (Å²) in [4.78, 5) is 23.1. The maximum absolute atomic E-state index is 11.8. The second kappa shape index (κ2) is 7.55. The van der Waals surface area contributed by atoms with E-state index in [0.29, 0.717) is 18.2 Å². The van der Waals surface area contributed by atoms with E-state index < -0.39 is 0 Å². The van der Waals surface area contributed by atoms with Crippen molar-refractivity contribution >= 4 is 23.7 Å². The minimum atomic E-state index is -0.0335. The van der Waals surface area contributed by atoms with Crippen molar-refractivity contribution in [2.45, 2.75) is 62.0 Å². The third-order valence-corrected chi connectivity index (χ3v) is 6.14. The van der Waals surface area contributed by atoms with Gasteiger partial charge in [-0.15, -0.1) is 0 Å². The molecule has 6 nitrogen and oxygen atoms in total. The van der Waals surface area contributed by atoms with Gasteiger partial charge in [0.1, 0.15) is 0 Å². The Morgan fingerprint density at radius 3 is 3.09 bits per heavy atom. The summed E-state index contributed by atoms with van der Waals surface area (Å²) in [6.45, 7) is 1.48. The Morgan fingerprint density at radius 1 is 1.36 bits per heavy atom. The zero-order chi connectivity index (χ0) is 15.4. The summed E-state index contributed by atoms with van der Waals surface area (Å²) in [5.74, 6) is 1.12. The molecule has 3 aliphatic heterocycles. The molecule has 3 heterocycles. The molecule has 0 spiro atoms. The third-order valence-electron chi connectivity index (χ3n) is 4.63. The number of ether oxygens (including phenoxy) is 1. The van der Waals surface area contributed by atoms with Crippen LogP contribution < -0.4 is 16.0 Å². The van der Waals surface area contributed by atoms with Gasteiger partial charge in [0.2, 0.25) is 5.91 Å². The Labute approximate surface area is 135 Å². The molecule has 0 aromatic carbocycles. The predicted octanol–water partition coefficient (Wildman–Crippen LogP) is 1.01. The number of urea groups is 1. The van der Waals surface area contributed by atoms with E-state index in [-0.39, 0.29) is 30.1 Å². The quantitative estimate of drug-likeness (QED) is 0.482. The molecule has 0 bridgehead atoms. The third kappa shape index (κ3) is 4.07. The molecule has 0 aromatic heterocycles. The van der Waals surface area contributed by atoms with E-state index in [9.17, 15) is 9.59 Å². The fraction of sp³-hybridized carbons (Fsp3) is 0.867. The van der Waals surface area contributed by atoms with Crippen molar-refractivity contribution in [2.24, 2.45) is 0 Å². The van der Waals surface area contributed by atoms with Crippen molar-refractivity contribution in [3.63, 3.8) is 0 Å². The lowest BCUT2D eigenvalue weighted by Crippen LogP contribution is -2.36. The van der Waals surface area contributed by atoms with Crippen LogP contribution in [0.15, 0.2) is 0 Å². The molecule has 0 radical (unpaired) electrons. The standard InChI is InChI=1S/C15H25N3O3S/c19-13(16-8-10-4-3-7-21-10)6-2-1-5-12-14-11(9-22-12)17-15(20)18-14/h10-12,14H,1-9H2,(H,16,19)(H2,17,18,20)/t10-,11+,12+,14-/m1/s1. The fourth-order valence-electron chi connectivity index (χ4n) is 3.40. The van der Waals surface area contributed by atoms with Gasteiger partial charge in [-0.25, -0.2) is 4.79 Å². The van der Waals surface area contributed by atoms with Crippen LogP contribution in [0, 0.1) is 0 Å². The summed E-state index contributed by atoms with van der Waals surface area (Å²) in [6.07, 6.45) is 5.97. The summed E-state index contributed by atoms with van der Waals surface area (Å²) in [7, 11) is 0. The van der Waals surface area contributed by atoms with Crippen molar-refractivity contribution in [1.29, 1.82) is 0 Å². The number of carbonyl (C=O) groups is 2. The maximum atomic E-state index is 11.8. The number of hydrogen-bond acceptors (Lipinski definition) is 4. The van der Waals surface area contributed by atoms with Crippen molar-refractivity contribution in [1.82, 2.24) is 16.0 Å². The second-order valence-electron chi connectivity index (χ2n) is 6.31. The highest BCUT2D eigenvalue weighted by molar-refractivity contribution is 8.00. The average molecular weight is 327 g/mol. The number of hydrogen-bond donors (Lipinski definition) is 3. The molecule has 22 heavy (non-hydrogen) atoms. The summed E-state index contributed by atoms with van der Waals surface area (Å²) in [5, 5.41) is 9.40. The monoisotopic (exact) mass is 327 g/mol. The van der Waals surface area contributed by atoms with E-state index in [1.165, 1.54) is 0 Å². The number of carbonyl (C=O) groups excluding carboxylic acids is 2. The summed E-state index contributed by atoms with van der Waals surface area (Å²) in [5.41, 5.74) is 0. The zero-order valence-corrected chi connectivity index (χ0v) is 13.6. The Bertz CT molecular complexity index is 415. The van der Waals surface area contributed by atoms with Crippen molar-refractivity contribution < 1.29 is 14.3 Å². The molecule has 3 aliphatic rings. The summed E-state index contributed by atoms with van der Waals surface area (Å²) >= 11 is 1.93. The van der Waals surface area contributed by atoms with Gasteiger partial charge < -0.3 is 20.7 Å². The van der Waals surface area contributed by atoms with E-state index in [1.807, 2.05) is 11.8 Å². The molecule has 3 amide bonds. The van der Waals surface area contributed by atoms with E-state index in [2.05, 4.69) is 16.0 Å². The maximum Gasteiger partial charge on any atom is 0.315 e. The number of unbranched alkanes of at least 4 members (excludes halogenated alkanes) is 1. The largest absolute Gasteiger partial charge is 0.376 e. The van der Waals surface area contributed by atoms with Gasteiger partial charge in [-0.05, 0) is 25.7 Å². The van der Waals surface area contributed by atoms with E-state index in [1.54, 1.807) is 0 Å². The molecule has 7 heteroatoms. The second-order valence-corrected chi connectivity index (χ2v) is 7.58. The lowest BCUT2D eigenvalue weighted by Gasteiger charge is -2.16. The Hall–Kier alpha value is -0.950. The zero-order valence-electron chi connectivity index (χ0n) is 12.8. The molecule has 0 unspecified atom stereocenters. The van der Waals surface area contributed by atoms with Gasteiger partial charge in [0.05, 0.1) is 18.2 Å². The molecule has 0 aliphatic carbocycles. The topological polar surface area (TPSA) is 79.5 Å². The lowest BCUT2D eigenvalue weighted by atomic mass is 10.0. The highest BCUT2D eigenvalue weighted by Crippen LogP contribution is 2.33. The van der Waals surface area contributed by atoms with Gasteiger partial charge in [0.15, 0.2) is 0 Å². The van der Waals surface area contributed by atoms with Crippen LogP contribution >= 0.6 is 11.8 Å². The lowest BCUT2D eigenvalue weighted by molar-refractivity contribution is -0.121. The van der Waals surface area contributed by atoms with E-state index in [0.717, 1.165) is 44.5 Å². The number of fused-ring (bicyclic) bond motifs is 1. The first-order chi connectivity index (χ1) is 10.7. The van der Waals surface area contributed by atoms with Gasteiger partial charge in [0, 0.05) is 30.6 Å². The van der Waals surface area contributed by atoms with Gasteiger partial charge in [-0.1, -0.05) is 6.42 Å². The van der Waals surface area contributed by atoms with Crippen molar-refractivity contribution in [3.05, 3.63) is 0 Å². The Kier molecular flexibility index (Phi) is 5.46. The molecule has 0 aromatic rings. The highest BCUT2D eigenvalue weighted by Gasteiger charge is 2.42. The normalized spacial score (nSPS) is 33.4. The summed E-state index contributed by atoms with van der Waals surface area (Å²) < 4.78 is 5.49. The van der Waals surface area contributed by atoms with Gasteiger partial charge in [-0.3, -0.25) is 4.79 Å². The number of nitrogens with one attached hydrogen (secondary N) is 3. The van der Waals surface area contributed by atoms with E-state index in [4.69, 9.17) is 4.74 Å². The Balaban J connectivity index is 1.26. The molecule has 3 saturated heterocycles. The number of rotatable bonds is 7. The summed E-state index contributed by atoms with van der Waals surface area (Å²) in [6, 6.07) is 0.525. The molecule has 3 rings (SSSR count). The molecular weight excluding hydrogens is 302 g/mol. The first kappa shape index (κ1) is 15.9. The minimum absolute atomic E-state index is 0.0335. The van der Waals surface area contributed by atoms with Gasteiger partial charge in [-0.2, -0.15) is 11.8 Å². The van der Waals surface area contributed by atoms with Crippen LogP contribution in [-0.4, -0.2) is 54.3 Å². The van der Waals surface area contributed by atoms with Crippen LogP contribution in [0.5, 0.6) is 0 Å². The van der Waals surface area contributed by atoms with E-state index >= 15 is 0 Å². The van der Waals surface area contributed by atoms with Crippen LogP contribution in [0.4, 0.5) is 4.79 Å². The smallest absolute Gasteiger partial charge is 0.315 e. The molecular formula is C15H25N3O3S. The predicted molar refractivity (Wildman–Crippen MR) is 85.9 cm³/mol. The first-order valence-corrected chi connectivity index (χ1v) is 9.34. The van der Waals surface area contributed by atoms with Gasteiger partial charge >= 0.3 is 6.03 Å². The molecule has 4 atom stereocenters. The fourth-order valence-corrected chi connectivity index (χ4v) is 4.94.